The number of hydrogen-bond donors (Lipinski definition) is 1. The quantitative estimate of drug-likeness (QED) is 0.710. The summed E-state index contributed by atoms with van der Waals surface area (Å²) in [5.41, 5.74) is 0.385. The van der Waals surface area contributed by atoms with Crippen LogP contribution in [0.25, 0.3) is 0 Å². The summed E-state index contributed by atoms with van der Waals surface area (Å²) in [4.78, 5) is 22.2. The number of amides is 1. The van der Waals surface area contributed by atoms with Gasteiger partial charge in [0.15, 0.2) is 11.4 Å². The van der Waals surface area contributed by atoms with E-state index in [1.807, 2.05) is 30.3 Å². The molecule has 0 saturated carbocycles. The Balaban J connectivity index is 2.39. The fraction of sp³-hybridized carbons (Fsp3) is 0.333. The summed E-state index contributed by atoms with van der Waals surface area (Å²) in [6.45, 7) is 9.54. The molecular formula is C21H25N5O3. The molecule has 0 fully saturated rings. The molecule has 1 aromatic carbocycles. The van der Waals surface area contributed by atoms with Gasteiger partial charge in [-0.2, -0.15) is 15.2 Å². The van der Waals surface area contributed by atoms with Crippen LogP contribution < -0.4 is 15.0 Å². The van der Waals surface area contributed by atoms with Crippen molar-refractivity contribution in [3.8, 4) is 11.9 Å². The largest absolute Gasteiger partial charge is 0.472 e. The van der Waals surface area contributed by atoms with Gasteiger partial charge in [0.1, 0.15) is 18.3 Å². The van der Waals surface area contributed by atoms with E-state index in [9.17, 15) is 10.1 Å². The molecule has 1 heterocycles. The van der Waals surface area contributed by atoms with Crippen molar-refractivity contribution >= 4 is 17.9 Å². The van der Waals surface area contributed by atoms with Crippen LogP contribution in [0.2, 0.25) is 0 Å². The van der Waals surface area contributed by atoms with Gasteiger partial charge in [-0.15, -0.1) is 6.58 Å². The van der Waals surface area contributed by atoms with Gasteiger partial charge in [-0.3, -0.25) is 0 Å². The van der Waals surface area contributed by atoms with Gasteiger partial charge in [0, 0.05) is 13.6 Å². The molecule has 152 valence electrons. The number of nitrogens with one attached hydrogen (secondary N) is 1. The summed E-state index contributed by atoms with van der Waals surface area (Å²) >= 11 is 0. The summed E-state index contributed by atoms with van der Waals surface area (Å²) < 4.78 is 11.2. The second kappa shape index (κ2) is 9.55. The molecule has 1 aromatic heterocycles. The van der Waals surface area contributed by atoms with E-state index < -0.39 is 11.7 Å². The van der Waals surface area contributed by atoms with Gasteiger partial charge in [0.05, 0.1) is 0 Å². The van der Waals surface area contributed by atoms with Gasteiger partial charge in [0.2, 0.25) is 11.8 Å². The van der Waals surface area contributed by atoms with E-state index in [0.717, 1.165) is 5.56 Å². The molecule has 0 atom stereocenters. The van der Waals surface area contributed by atoms with Crippen LogP contribution in [0.5, 0.6) is 5.88 Å². The predicted octanol–water partition coefficient (Wildman–Crippen LogP) is 3.90. The Morgan fingerprint density at radius 3 is 2.59 bits per heavy atom. The predicted molar refractivity (Wildman–Crippen MR) is 111 cm³/mol. The van der Waals surface area contributed by atoms with Crippen LogP contribution in [0.4, 0.5) is 16.6 Å². The Morgan fingerprint density at radius 1 is 1.31 bits per heavy atom. The van der Waals surface area contributed by atoms with Crippen molar-refractivity contribution in [3.05, 3.63) is 54.1 Å². The SMILES string of the molecule is C=CCNc1nc(N(C)C(=O)OC(C)(C)C)nc(OCc2ccccc2)c1C#N. The smallest absolute Gasteiger partial charge is 0.416 e. The lowest BCUT2D eigenvalue weighted by atomic mass is 10.2. The summed E-state index contributed by atoms with van der Waals surface area (Å²) in [5, 5.41) is 12.6. The van der Waals surface area contributed by atoms with Crippen LogP contribution in [-0.2, 0) is 11.3 Å². The zero-order valence-corrected chi connectivity index (χ0v) is 17.1. The maximum Gasteiger partial charge on any atom is 0.416 e. The van der Waals surface area contributed by atoms with Crippen LogP contribution in [0.15, 0.2) is 43.0 Å². The van der Waals surface area contributed by atoms with Crippen molar-refractivity contribution in [1.82, 2.24) is 9.97 Å². The number of rotatable bonds is 7. The molecule has 2 rings (SSSR count). The van der Waals surface area contributed by atoms with E-state index in [-0.39, 0.29) is 29.8 Å². The van der Waals surface area contributed by atoms with Crippen molar-refractivity contribution in [2.75, 3.05) is 23.8 Å². The first-order chi connectivity index (χ1) is 13.7. The zero-order valence-electron chi connectivity index (χ0n) is 17.1. The van der Waals surface area contributed by atoms with Crippen LogP contribution in [-0.4, -0.2) is 35.3 Å². The third kappa shape index (κ3) is 6.21. The fourth-order valence-electron chi connectivity index (χ4n) is 2.22. The number of nitriles is 1. The summed E-state index contributed by atoms with van der Waals surface area (Å²) in [6.07, 6.45) is 1.01. The number of carbonyl (C=O) groups is 1. The first kappa shape index (κ1) is 21.7. The van der Waals surface area contributed by atoms with Crippen LogP contribution in [0.3, 0.4) is 0 Å². The minimum atomic E-state index is -0.672. The fourth-order valence-corrected chi connectivity index (χ4v) is 2.22. The Bertz CT molecular complexity index is 901. The van der Waals surface area contributed by atoms with E-state index in [1.54, 1.807) is 26.8 Å². The second-order valence-corrected chi connectivity index (χ2v) is 7.15. The molecule has 0 spiro atoms. The topological polar surface area (TPSA) is 100 Å². The highest BCUT2D eigenvalue weighted by molar-refractivity contribution is 5.85. The zero-order chi connectivity index (χ0) is 21.4. The average Bonchev–Trinajstić information content (AvgIpc) is 2.69. The summed E-state index contributed by atoms with van der Waals surface area (Å²) in [6, 6.07) is 11.5. The average molecular weight is 395 g/mol. The molecular weight excluding hydrogens is 370 g/mol. The summed E-state index contributed by atoms with van der Waals surface area (Å²) in [7, 11) is 1.49. The molecule has 29 heavy (non-hydrogen) atoms. The van der Waals surface area contributed by atoms with Gasteiger partial charge in [-0.1, -0.05) is 36.4 Å². The van der Waals surface area contributed by atoms with Gasteiger partial charge >= 0.3 is 6.09 Å². The van der Waals surface area contributed by atoms with E-state index in [2.05, 4.69) is 27.9 Å². The highest BCUT2D eigenvalue weighted by Gasteiger charge is 2.25. The highest BCUT2D eigenvalue weighted by Crippen LogP contribution is 2.27. The lowest BCUT2D eigenvalue weighted by molar-refractivity contribution is 0.0587. The van der Waals surface area contributed by atoms with Crippen molar-refractivity contribution in [3.63, 3.8) is 0 Å². The normalized spacial score (nSPS) is 10.6. The second-order valence-electron chi connectivity index (χ2n) is 7.15. The molecule has 2 aromatic rings. The minimum Gasteiger partial charge on any atom is -0.472 e. The van der Waals surface area contributed by atoms with Gasteiger partial charge in [0.25, 0.3) is 0 Å². The number of ether oxygens (including phenoxy) is 2. The highest BCUT2D eigenvalue weighted by atomic mass is 16.6. The standard InChI is InChI=1S/C21H25N5O3/c1-6-12-23-17-16(13-22)18(28-14-15-10-8-7-9-11-15)25-19(24-17)26(5)20(27)29-21(2,3)4/h6-11H,1,12,14H2,2-5H3,(H,23,24,25). The van der Waals surface area contributed by atoms with E-state index >= 15 is 0 Å². The molecule has 1 amide bonds. The lowest BCUT2D eigenvalue weighted by Crippen LogP contribution is -2.35. The van der Waals surface area contributed by atoms with E-state index in [4.69, 9.17) is 9.47 Å². The lowest BCUT2D eigenvalue weighted by Gasteiger charge is -2.24. The molecule has 0 saturated heterocycles. The van der Waals surface area contributed by atoms with Crippen LogP contribution in [0.1, 0.15) is 31.9 Å². The first-order valence-corrected chi connectivity index (χ1v) is 9.05. The van der Waals surface area contributed by atoms with Crippen molar-refractivity contribution in [2.24, 2.45) is 0 Å². The van der Waals surface area contributed by atoms with Crippen LogP contribution >= 0.6 is 0 Å². The van der Waals surface area contributed by atoms with E-state index in [0.29, 0.717) is 6.54 Å². The molecule has 0 aliphatic carbocycles. The number of nitrogens with zero attached hydrogens (tertiary/aromatic N) is 4. The number of aromatic nitrogens is 2. The van der Waals surface area contributed by atoms with Crippen molar-refractivity contribution in [2.45, 2.75) is 33.0 Å². The van der Waals surface area contributed by atoms with Gasteiger partial charge < -0.3 is 14.8 Å². The number of hydrogen-bond acceptors (Lipinski definition) is 7. The third-order valence-corrected chi connectivity index (χ3v) is 3.58. The molecule has 8 heteroatoms. The summed E-state index contributed by atoms with van der Waals surface area (Å²) in [5.74, 6) is 0.368. The molecule has 0 bridgehead atoms. The van der Waals surface area contributed by atoms with Gasteiger partial charge in [-0.05, 0) is 26.3 Å². The maximum absolute atomic E-state index is 12.4. The first-order valence-electron chi connectivity index (χ1n) is 9.05. The Labute approximate surface area is 170 Å². The molecule has 0 aliphatic heterocycles. The number of benzene rings is 1. The maximum atomic E-state index is 12.4. The Morgan fingerprint density at radius 2 is 2.00 bits per heavy atom. The van der Waals surface area contributed by atoms with Crippen LogP contribution in [0, 0.1) is 11.3 Å². The minimum absolute atomic E-state index is 0.0490. The van der Waals surface area contributed by atoms with E-state index in [1.165, 1.54) is 11.9 Å². The number of carbonyl (C=O) groups excluding carboxylic acids is 1. The Kier molecular flexibility index (Phi) is 7.15. The molecule has 8 nitrogen and oxygen atoms in total. The molecule has 0 unspecified atom stereocenters. The Hall–Kier alpha value is -3.60. The van der Waals surface area contributed by atoms with Crippen molar-refractivity contribution in [1.29, 1.82) is 5.26 Å². The molecule has 1 N–H and O–H groups in total. The molecule has 0 aliphatic rings. The van der Waals surface area contributed by atoms with Gasteiger partial charge in [-0.25, -0.2) is 9.69 Å². The monoisotopic (exact) mass is 395 g/mol. The van der Waals surface area contributed by atoms with Crippen molar-refractivity contribution < 1.29 is 14.3 Å². The number of anilines is 2. The third-order valence-electron chi connectivity index (χ3n) is 3.58. The molecule has 0 radical (unpaired) electrons.